The minimum atomic E-state index is -0.774. The predicted octanol–water partition coefficient (Wildman–Crippen LogP) is 4.22. The first-order valence-electron chi connectivity index (χ1n) is 10.2. The van der Waals surface area contributed by atoms with Gasteiger partial charge in [0, 0.05) is 19.3 Å². The third-order valence-electron chi connectivity index (χ3n) is 4.83. The highest BCUT2D eigenvalue weighted by atomic mass is 16.6. The van der Waals surface area contributed by atoms with E-state index in [4.69, 9.17) is 9.47 Å². The van der Waals surface area contributed by atoms with Crippen LogP contribution in [-0.4, -0.2) is 53.3 Å². The Morgan fingerprint density at radius 2 is 1.64 bits per heavy atom. The summed E-state index contributed by atoms with van der Waals surface area (Å²) in [4.78, 5) is 37.4. The Labute approximate surface area is 169 Å². The monoisotopic (exact) mass is 399 g/mol. The normalized spacial score (nSPS) is 21.5. The first-order chi connectivity index (χ1) is 12.9. The van der Waals surface area contributed by atoms with Crippen LogP contribution >= 0.6 is 0 Å². The molecule has 7 nitrogen and oxygen atoms in total. The lowest BCUT2D eigenvalue weighted by molar-refractivity contribution is -0.140. The van der Waals surface area contributed by atoms with E-state index in [-0.39, 0.29) is 23.9 Å². The molecule has 1 fully saturated rings. The standard InChI is InChI=1S/C21H37NO6/c1-15-17(14-13-16(23)11-9-8-10-12-18(24)26-7)27-21(5,6)22(15)19(25)28-20(2,3)4/h15,17H,8-14H2,1-7H3/t15-,17-/m0/s1. The van der Waals surface area contributed by atoms with Gasteiger partial charge >= 0.3 is 12.1 Å². The van der Waals surface area contributed by atoms with Crippen molar-refractivity contribution < 1.29 is 28.6 Å². The number of unbranched alkanes of at least 4 members (excludes halogenated alkanes) is 2. The maximum atomic E-state index is 12.6. The second-order valence-electron chi connectivity index (χ2n) is 8.91. The summed E-state index contributed by atoms with van der Waals surface area (Å²) in [6, 6.07) is -0.169. The first kappa shape index (κ1) is 24.4. The number of carbonyl (C=O) groups is 3. The summed E-state index contributed by atoms with van der Waals surface area (Å²) in [6.07, 6.45) is 3.63. The third kappa shape index (κ3) is 7.78. The SMILES string of the molecule is COC(=O)CCCCCC(=O)CC[C@@H]1OC(C)(C)N(C(=O)OC(C)(C)C)[C@H]1C. The number of carbonyl (C=O) groups excluding carboxylic acids is 3. The quantitative estimate of drug-likeness (QED) is 0.426. The fraction of sp³-hybridized carbons (Fsp3) is 0.857. The van der Waals surface area contributed by atoms with Crippen LogP contribution in [0.5, 0.6) is 0 Å². The number of rotatable bonds is 9. The van der Waals surface area contributed by atoms with Gasteiger partial charge in [0.05, 0.1) is 19.3 Å². The molecule has 1 heterocycles. The zero-order valence-electron chi connectivity index (χ0n) is 18.5. The molecule has 1 rings (SSSR count). The van der Waals surface area contributed by atoms with Crippen molar-refractivity contribution in [1.82, 2.24) is 4.90 Å². The van der Waals surface area contributed by atoms with Crippen LogP contribution in [0.1, 0.15) is 86.5 Å². The number of methoxy groups -OCH3 is 1. The molecule has 0 bridgehead atoms. The van der Waals surface area contributed by atoms with Crippen LogP contribution in [0.3, 0.4) is 0 Å². The van der Waals surface area contributed by atoms with Gasteiger partial charge in [0.25, 0.3) is 0 Å². The van der Waals surface area contributed by atoms with Gasteiger partial charge in [-0.25, -0.2) is 4.79 Å². The Hall–Kier alpha value is -1.63. The Balaban J connectivity index is 2.43. The van der Waals surface area contributed by atoms with Crippen LogP contribution in [-0.2, 0) is 23.8 Å². The van der Waals surface area contributed by atoms with Gasteiger partial charge in [0.1, 0.15) is 17.1 Å². The zero-order chi connectivity index (χ0) is 21.5. The summed E-state index contributed by atoms with van der Waals surface area (Å²) in [6.45, 7) is 11.1. The van der Waals surface area contributed by atoms with Gasteiger partial charge in [0.15, 0.2) is 0 Å². The molecular weight excluding hydrogens is 362 g/mol. The van der Waals surface area contributed by atoms with E-state index in [1.165, 1.54) is 7.11 Å². The molecule has 1 amide bonds. The average Bonchev–Trinajstić information content (AvgIpc) is 2.79. The van der Waals surface area contributed by atoms with Gasteiger partial charge < -0.3 is 14.2 Å². The second kappa shape index (κ2) is 10.2. The van der Waals surface area contributed by atoms with Crippen molar-refractivity contribution in [3.63, 3.8) is 0 Å². The van der Waals surface area contributed by atoms with Crippen molar-refractivity contribution in [2.75, 3.05) is 7.11 Å². The number of Topliss-reactive ketones (excluding diaryl/α,β-unsaturated/α-hetero) is 1. The molecule has 0 aromatic heterocycles. The van der Waals surface area contributed by atoms with E-state index < -0.39 is 17.4 Å². The highest BCUT2D eigenvalue weighted by Gasteiger charge is 2.48. The molecule has 0 aliphatic carbocycles. The minimum absolute atomic E-state index is 0.169. The summed E-state index contributed by atoms with van der Waals surface area (Å²) >= 11 is 0. The van der Waals surface area contributed by atoms with E-state index in [9.17, 15) is 14.4 Å². The van der Waals surface area contributed by atoms with Crippen LogP contribution in [0.25, 0.3) is 0 Å². The first-order valence-corrected chi connectivity index (χ1v) is 10.2. The summed E-state index contributed by atoms with van der Waals surface area (Å²) in [5.41, 5.74) is -1.35. The molecule has 162 valence electrons. The zero-order valence-corrected chi connectivity index (χ0v) is 18.5. The summed E-state index contributed by atoms with van der Waals surface area (Å²) in [5.74, 6) is -0.0294. The summed E-state index contributed by atoms with van der Waals surface area (Å²) < 4.78 is 16.2. The predicted molar refractivity (Wildman–Crippen MR) is 106 cm³/mol. The van der Waals surface area contributed by atoms with Crippen LogP contribution in [0.2, 0.25) is 0 Å². The van der Waals surface area contributed by atoms with Gasteiger partial charge in [-0.1, -0.05) is 6.42 Å². The molecule has 2 atom stereocenters. The highest BCUT2D eigenvalue weighted by molar-refractivity contribution is 5.78. The topological polar surface area (TPSA) is 82.1 Å². The summed E-state index contributed by atoms with van der Waals surface area (Å²) in [5, 5.41) is 0. The largest absolute Gasteiger partial charge is 0.469 e. The fourth-order valence-corrected chi connectivity index (χ4v) is 3.48. The lowest BCUT2D eigenvalue weighted by Gasteiger charge is -2.34. The van der Waals surface area contributed by atoms with Gasteiger partial charge in [0.2, 0.25) is 0 Å². The molecular formula is C21H37NO6. The molecule has 0 N–H and O–H groups in total. The van der Waals surface area contributed by atoms with Crippen LogP contribution < -0.4 is 0 Å². The number of ketones is 1. The van der Waals surface area contributed by atoms with E-state index in [0.717, 1.165) is 19.3 Å². The fourth-order valence-electron chi connectivity index (χ4n) is 3.48. The van der Waals surface area contributed by atoms with Crippen molar-refractivity contribution in [2.45, 2.75) is 110 Å². The van der Waals surface area contributed by atoms with Gasteiger partial charge in [-0.05, 0) is 60.8 Å². The lowest BCUT2D eigenvalue weighted by atomic mass is 10.0. The highest BCUT2D eigenvalue weighted by Crippen LogP contribution is 2.35. The maximum Gasteiger partial charge on any atom is 0.412 e. The Morgan fingerprint density at radius 1 is 1.04 bits per heavy atom. The van der Waals surface area contributed by atoms with Crippen molar-refractivity contribution in [2.24, 2.45) is 0 Å². The van der Waals surface area contributed by atoms with E-state index in [0.29, 0.717) is 25.7 Å². The molecule has 28 heavy (non-hydrogen) atoms. The van der Waals surface area contributed by atoms with Crippen molar-refractivity contribution in [1.29, 1.82) is 0 Å². The second-order valence-corrected chi connectivity index (χ2v) is 8.91. The number of amides is 1. The smallest absolute Gasteiger partial charge is 0.412 e. The van der Waals surface area contributed by atoms with Crippen molar-refractivity contribution in [3.8, 4) is 0 Å². The Kier molecular flexibility index (Phi) is 8.92. The molecule has 0 unspecified atom stereocenters. The van der Waals surface area contributed by atoms with E-state index in [1.807, 2.05) is 41.5 Å². The van der Waals surface area contributed by atoms with Crippen LogP contribution in [0, 0.1) is 0 Å². The minimum Gasteiger partial charge on any atom is -0.469 e. The number of esters is 1. The van der Waals surface area contributed by atoms with Crippen molar-refractivity contribution >= 4 is 17.8 Å². The van der Waals surface area contributed by atoms with E-state index >= 15 is 0 Å². The Morgan fingerprint density at radius 3 is 2.21 bits per heavy atom. The van der Waals surface area contributed by atoms with E-state index in [1.54, 1.807) is 4.90 Å². The van der Waals surface area contributed by atoms with Gasteiger partial charge in [-0.3, -0.25) is 14.5 Å². The maximum absolute atomic E-state index is 12.6. The van der Waals surface area contributed by atoms with Crippen LogP contribution in [0.15, 0.2) is 0 Å². The molecule has 0 radical (unpaired) electrons. The Bertz CT molecular complexity index is 552. The molecule has 1 aliphatic heterocycles. The molecule has 1 aliphatic rings. The van der Waals surface area contributed by atoms with Gasteiger partial charge in [-0.2, -0.15) is 0 Å². The molecule has 0 aromatic carbocycles. The number of hydrogen-bond donors (Lipinski definition) is 0. The molecule has 1 saturated heterocycles. The number of nitrogens with zero attached hydrogens (tertiary/aromatic N) is 1. The number of ether oxygens (including phenoxy) is 3. The van der Waals surface area contributed by atoms with E-state index in [2.05, 4.69) is 4.74 Å². The van der Waals surface area contributed by atoms with Gasteiger partial charge in [-0.15, -0.1) is 0 Å². The molecule has 0 spiro atoms. The lowest BCUT2D eigenvalue weighted by Crippen LogP contribution is -2.49. The molecule has 0 saturated carbocycles. The molecule has 0 aromatic rings. The average molecular weight is 400 g/mol. The molecule has 7 heteroatoms. The van der Waals surface area contributed by atoms with Crippen molar-refractivity contribution in [3.05, 3.63) is 0 Å². The summed E-state index contributed by atoms with van der Waals surface area (Å²) in [7, 11) is 1.38. The number of hydrogen-bond acceptors (Lipinski definition) is 6. The third-order valence-corrected chi connectivity index (χ3v) is 4.83. The van der Waals surface area contributed by atoms with Crippen LogP contribution in [0.4, 0.5) is 4.79 Å².